The molecule has 6 heteroatoms. The van der Waals surface area contributed by atoms with Gasteiger partial charge in [0.2, 0.25) is 5.76 Å². The van der Waals surface area contributed by atoms with E-state index >= 15 is 0 Å². The summed E-state index contributed by atoms with van der Waals surface area (Å²) in [5.74, 6) is -0.244. The maximum atomic E-state index is 12.0. The van der Waals surface area contributed by atoms with Crippen molar-refractivity contribution in [1.82, 2.24) is 0 Å². The number of carbonyl (C=O) groups is 1. The van der Waals surface area contributed by atoms with Crippen LogP contribution in [0.5, 0.6) is 5.75 Å². The molecule has 1 aromatic carbocycles. The summed E-state index contributed by atoms with van der Waals surface area (Å²) in [7, 11) is 0. The highest BCUT2D eigenvalue weighted by atomic mass is 16.5. The zero-order chi connectivity index (χ0) is 15.9. The number of fused-ring (bicyclic) bond motifs is 1. The maximum Gasteiger partial charge on any atom is 0.374 e. The van der Waals surface area contributed by atoms with Crippen molar-refractivity contribution in [3.8, 4) is 5.75 Å². The fraction of sp³-hybridized carbons (Fsp3) is 0.375. The SMILES string of the molecule is CCOCCOc1ccc2c(=O)cc(C(=O)OCC)oc2c1. The molecule has 2 aromatic rings. The van der Waals surface area contributed by atoms with E-state index in [2.05, 4.69) is 0 Å². The lowest BCUT2D eigenvalue weighted by molar-refractivity contribution is 0.0490. The molecule has 0 aliphatic heterocycles. The summed E-state index contributed by atoms with van der Waals surface area (Å²) in [5, 5.41) is 0.380. The van der Waals surface area contributed by atoms with Crippen LogP contribution in [-0.4, -0.2) is 32.4 Å². The third-order valence-electron chi connectivity index (χ3n) is 2.88. The number of ether oxygens (including phenoxy) is 3. The van der Waals surface area contributed by atoms with E-state index in [-0.39, 0.29) is 23.4 Å². The number of benzene rings is 1. The maximum absolute atomic E-state index is 12.0. The van der Waals surface area contributed by atoms with Crippen LogP contribution in [0.15, 0.2) is 33.5 Å². The molecule has 0 atom stereocenters. The molecule has 0 N–H and O–H groups in total. The summed E-state index contributed by atoms with van der Waals surface area (Å²) in [6.07, 6.45) is 0. The van der Waals surface area contributed by atoms with Crippen LogP contribution in [-0.2, 0) is 9.47 Å². The van der Waals surface area contributed by atoms with Gasteiger partial charge in [-0.05, 0) is 26.0 Å². The van der Waals surface area contributed by atoms with Gasteiger partial charge < -0.3 is 18.6 Å². The highest BCUT2D eigenvalue weighted by molar-refractivity contribution is 5.89. The van der Waals surface area contributed by atoms with Crippen molar-refractivity contribution in [3.05, 3.63) is 40.2 Å². The largest absolute Gasteiger partial charge is 0.491 e. The molecule has 0 amide bonds. The van der Waals surface area contributed by atoms with E-state index in [9.17, 15) is 9.59 Å². The lowest BCUT2D eigenvalue weighted by atomic mass is 10.2. The zero-order valence-electron chi connectivity index (χ0n) is 12.6. The average Bonchev–Trinajstić information content (AvgIpc) is 2.51. The van der Waals surface area contributed by atoms with Crippen molar-refractivity contribution in [2.75, 3.05) is 26.4 Å². The first-order valence-corrected chi connectivity index (χ1v) is 7.11. The van der Waals surface area contributed by atoms with Crippen LogP contribution in [0.2, 0.25) is 0 Å². The fourth-order valence-corrected chi connectivity index (χ4v) is 1.89. The summed E-state index contributed by atoms with van der Waals surface area (Å²) >= 11 is 0. The summed E-state index contributed by atoms with van der Waals surface area (Å²) in [6.45, 7) is 5.28. The fourth-order valence-electron chi connectivity index (χ4n) is 1.89. The van der Waals surface area contributed by atoms with Crippen LogP contribution in [0.4, 0.5) is 0 Å². The normalized spacial score (nSPS) is 10.6. The standard InChI is InChI=1S/C16H18O6/c1-3-19-7-8-21-11-5-6-12-13(17)10-15(16(18)20-4-2)22-14(12)9-11/h5-6,9-10H,3-4,7-8H2,1-2H3. The quantitative estimate of drug-likeness (QED) is 0.577. The average molecular weight is 306 g/mol. The Bertz CT molecular complexity index is 703. The van der Waals surface area contributed by atoms with Gasteiger partial charge in [-0.2, -0.15) is 0 Å². The van der Waals surface area contributed by atoms with Crippen molar-refractivity contribution >= 4 is 16.9 Å². The van der Waals surface area contributed by atoms with Crippen molar-refractivity contribution in [2.24, 2.45) is 0 Å². The Labute approximate surface area is 127 Å². The third kappa shape index (κ3) is 3.85. The Hall–Kier alpha value is -2.34. The summed E-state index contributed by atoms with van der Waals surface area (Å²) in [4.78, 5) is 23.7. The zero-order valence-corrected chi connectivity index (χ0v) is 12.6. The predicted molar refractivity (Wildman–Crippen MR) is 80.4 cm³/mol. The summed E-state index contributed by atoms with van der Waals surface area (Å²) < 4.78 is 21.0. The van der Waals surface area contributed by atoms with Crippen LogP contribution in [0.3, 0.4) is 0 Å². The van der Waals surface area contributed by atoms with Crippen LogP contribution in [0.1, 0.15) is 24.4 Å². The minimum Gasteiger partial charge on any atom is -0.491 e. The Kier molecular flexibility index (Phi) is 5.55. The summed E-state index contributed by atoms with van der Waals surface area (Å²) in [6, 6.07) is 5.99. The van der Waals surface area contributed by atoms with E-state index < -0.39 is 5.97 Å². The first-order chi connectivity index (χ1) is 10.7. The molecule has 22 heavy (non-hydrogen) atoms. The molecule has 0 saturated carbocycles. The van der Waals surface area contributed by atoms with Gasteiger partial charge >= 0.3 is 5.97 Å². The molecule has 0 aliphatic rings. The van der Waals surface area contributed by atoms with E-state index in [1.807, 2.05) is 6.92 Å². The number of carbonyl (C=O) groups excluding carboxylic acids is 1. The number of hydrogen-bond donors (Lipinski definition) is 0. The van der Waals surface area contributed by atoms with Gasteiger partial charge in [-0.1, -0.05) is 0 Å². The number of hydrogen-bond acceptors (Lipinski definition) is 6. The molecule has 118 valence electrons. The molecule has 0 fully saturated rings. The van der Waals surface area contributed by atoms with Gasteiger partial charge in [-0.25, -0.2) is 4.79 Å². The second-order valence-electron chi connectivity index (χ2n) is 4.40. The van der Waals surface area contributed by atoms with Gasteiger partial charge in [0, 0.05) is 18.7 Å². The van der Waals surface area contributed by atoms with Gasteiger partial charge in [0.15, 0.2) is 5.43 Å². The Balaban J connectivity index is 2.26. The Morgan fingerprint density at radius 2 is 1.95 bits per heavy atom. The van der Waals surface area contributed by atoms with Gasteiger partial charge in [0.25, 0.3) is 0 Å². The van der Waals surface area contributed by atoms with Crippen LogP contribution in [0.25, 0.3) is 11.0 Å². The molecular formula is C16H18O6. The molecule has 1 aromatic heterocycles. The van der Waals surface area contributed by atoms with Gasteiger partial charge in [0.05, 0.1) is 18.6 Å². The van der Waals surface area contributed by atoms with E-state index in [0.717, 1.165) is 6.07 Å². The molecule has 0 aliphatic carbocycles. The monoisotopic (exact) mass is 306 g/mol. The number of rotatable bonds is 7. The third-order valence-corrected chi connectivity index (χ3v) is 2.88. The topological polar surface area (TPSA) is 75.0 Å². The number of esters is 1. The van der Waals surface area contributed by atoms with E-state index in [1.165, 1.54) is 0 Å². The first kappa shape index (κ1) is 16.0. The Morgan fingerprint density at radius 1 is 1.14 bits per heavy atom. The lowest BCUT2D eigenvalue weighted by Crippen LogP contribution is -2.10. The van der Waals surface area contributed by atoms with Crippen molar-refractivity contribution in [2.45, 2.75) is 13.8 Å². The minimum absolute atomic E-state index is 0.120. The molecule has 6 nitrogen and oxygen atoms in total. The molecular weight excluding hydrogens is 288 g/mol. The second kappa shape index (κ2) is 7.61. The van der Waals surface area contributed by atoms with Crippen molar-refractivity contribution < 1.29 is 23.4 Å². The molecule has 0 bridgehead atoms. The Morgan fingerprint density at radius 3 is 2.68 bits per heavy atom. The molecule has 0 spiro atoms. The smallest absolute Gasteiger partial charge is 0.374 e. The van der Waals surface area contributed by atoms with E-state index in [4.69, 9.17) is 18.6 Å². The van der Waals surface area contributed by atoms with Crippen LogP contribution in [0, 0.1) is 0 Å². The molecule has 1 heterocycles. The molecule has 0 radical (unpaired) electrons. The predicted octanol–water partition coefficient (Wildman–Crippen LogP) is 2.39. The minimum atomic E-state index is -0.663. The highest BCUT2D eigenvalue weighted by Crippen LogP contribution is 2.20. The first-order valence-electron chi connectivity index (χ1n) is 7.11. The van der Waals surface area contributed by atoms with Crippen molar-refractivity contribution in [3.63, 3.8) is 0 Å². The molecule has 0 unspecified atom stereocenters. The van der Waals surface area contributed by atoms with Crippen LogP contribution >= 0.6 is 0 Å². The van der Waals surface area contributed by atoms with Crippen molar-refractivity contribution in [1.29, 1.82) is 0 Å². The summed E-state index contributed by atoms with van der Waals surface area (Å²) in [5.41, 5.74) is -0.0189. The van der Waals surface area contributed by atoms with E-state index in [0.29, 0.717) is 31.0 Å². The van der Waals surface area contributed by atoms with Crippen LogP contribution < -0.4 is 10.2 Å². The lowest BCUT2D eigenvalue weighted by Gasteiger charge is -2.07. The second-order valence-corrected chi connectivity index (χ2v) is 4.40. The van der Waals surface area contributed by atoms with Gasteiger partial charge in [0.1, 0.15) is 17.9 Å². The molecule has 0 saturated heterocycles. The highest BCUT2D eigenvalue weighted by Gasteiger charge is 2.13. The van der Waals surface area contributed by atoms with E-state index in [1.54, 1.807) is 25.1 Å². The van der Waals surface area contributed by atoms with Gasteiger partial charge in [-0.3, -0.25) is 4.79 Å². The molecule has 2 rings (SSSR count). The van der Waals surface area contributed by atoms with Gasteiger partial charge in [-0.15, -0.1) is 0 Å².